The molecule has 1 amide bonds. The average Bonchev–Trinajstić information content (AvgIpc) is 3.30. The molecule has 1 aliphatic heterocycles. The fourth-order valence-corrected chi connectivity index (χ4v) is 4.00. The second-order valence-corrected chi connectivity index (χ2v) is 7.97. The van der Waals surface area contributed by atoms with E-state index >= 15 is 0 Å². The molecule has 7 heteroatoms. The largest absolute Gasteiger partial charge is 0.507 e. The summed E-state index contributed by atoms with van der Waals surface area (Å²) in [7, 11) is 0. The van der Waals surface area contributed by atoms with Gasteiger partial charge in [-0.2, -0.15) is 0 Å². The molecule has 1 saturated heterocycles. The van der Waals surface area contributed by atoms with E-state index < -0.39 is 17.7 Å². The second kappa shape index (κ2) is 7.67. The van der Waals surface area contributed by atoms with Crippen LogP contribution in [0.4, 0.5) is 5.69 Å². The fourth-order valence-electron chi connectivity index (χ4n) is 3.70. The van der Waals surface area contributed by atoms with Gasteiger partial charge in [-0.1, -0.05) is 29.3 Å². The van der Waals surface area contributed by atoms with Gasteiger partial charge in [0, 0.05) is 11.3 Å². The number of carbonyl (C=O) groups is 2. The Morgan fingerprint density at radius 3 is 2.30 bits per heavy atom. The monoisotopic (exact) mass is 441 g/mol. The van der Waals surface area contributed by atoms with Crippen LogP contribution in [-0.2, 0) is 9.59 Å². The summed E-state index contributed by atoms with van der Waals surface area (Å²) in [5.74, 6) is -1.54. The van der Waals surface area contributed by atoms with E-state index in [9.17, 15) is 14.7 Å². The van der Waals surface area contributed by atoms with Crippen molar-refractivity contribution in [1.29, 1.82) is 0 Å². The molecule has 30 heavy (non-hydrogen) atoms. The van der Waals surface area contributed by atoms with Gasteiger partial charge >= 0.3 is 0 Å². The first-order chi connectivity index (χ1) is 14.3. The zero-order valence-corrected chi connectivity index (χ0v) is 17.7. The van der Waals surface area contributed by atoms with Crippen LogP contribution < -0.4 is 4.90 Å². The van der Waals surface area contributed by atoms with Crippen LogP contribution >= 0.6 is 23.2 Å². The zero-order chi connectivity index (χ0) is 21.6. The number of nitrogens with zero attached hydrogens (tertiary/aromatic N) is 1. The van der Waals surface area contributed by atoms with Gasteiger partial charge in [-0.25, -0.2) is 0 Å². The number of aliphatic hydroxyl groups excluding tert-OH is 1. The normalized spacial score (nSPS) is 18.3. The Morgan fingerprint density at radius 2 is 1.70 bits per heavy atom. The Bertz CT molecular complexity index is 1180. The summed E-state index contributed by atoms with van der Waals surface area (Å²) < 4.78 is 5.55. The predicted octanol–water partition coefficient (Wildman–Crippen LogP) is 5.83. The maximum atomic E-state index is 13.0. The highest BCUT2D eigenvalue weighted by molar-refractivity contribution is 6.51. The second-order valence-electron chi connectivity index (χ2n) is 7.16. The third kappa shape index (κ3) is 3.40. The van der Waals surface area contributed by atoms with Gasteiger partial charge in [0.15, 0.2) is 0 Å². The molecule has 152 valence electrons. The number of furan rings is 1. The summed E-state index contributed by atoms with van der Waals surface area (Å²) in [5.41, 5.74) is 2.63. The lowest BCUT2D eigenvalue weighted by molar-refractivity contribution is -0.132. The standard InChI is InChI=1S/C23H17Cl2NO4/c1-12-8-13(2)10-15(9-12)26-20(18-4-3-7-30-18)19(22(28)23(26)29)21(27)14-5-6-16(24)17(25)11-14/h3-11,20,27H,1-2H3/b21-19-. The molecule has 1 fully saturated rings. The van der Waals surface area contributed by atoms with Crippen LogP contribution in [0.2, 0.25) is 10.0 Å². The first kappa shape index (κ1) is 20.3. The molecule has 2 aromatic carbocycles. The van der Waals surface area contributed by atoms with E-state index in [2.05, 4.69) is 0 Å². The van der Waals surface area contributed by atoms with E-state index in [0.29, 0.717) is 16.5 Å². The maximum Gasteiger partial charge on any atom is 0.300 e. The van der Waals surface area contributed by atoms with E-state index in [0.717, 1.165) is 11.1 Å². The van der Waals surface area contributed by atoms with Gasteiger partial charge in [0.1, 0.15) is 17.6 Å². The minimum Gasteiger partial charge on any atom is -0.507 e. The number of hydrogen-bond acceptors (Lipinski definition) is 4. The highest BCUT2D eigenvalue weighted by atomic mass is 35.5. The first-order valence-electron chi connectivity index (χ1n) is 9.16. The summed E-state index contributed by atoms with van der Waals surface area (Å²) in [6.07, 6.45) is 1.45. The van der Waals surface area contributed by atoms with Crippen LogP contribution in [0.5, 0.6) is 0 Å². The Labute approximate surface area is 183 Å². The van der Waals surface area contributed by atoms with Crippen molar-refractivity contribution < 1.29 is 19.1 Å². The number of ketones is 1. The summed E-state index contributed by atoms with van der Waals surface area (Å²) in [6.45, 7) is 3.81. The van der Waals surface area contributed by atoms with E-state index in [4.69, 9.17) is 27.6 Å². The maximum absolute atomic E-state index is 13.0. The Morgan fingerprint density at radius 1 is 1.00 bits per heavy atom. The number of Topliss-reactive ketones (excluding diaryl/α,β-unsaturated/α-hetero) is 1. The lowest BCUT2D eigenvalue weighted by Gasteiger charge is -2.24. The molecule has 0 saturated carbocycles. The Hall–Kier alpha value is -3.02. The van der Waals surface area contributed by atoms with E-state index in [1.807, 2.05) is 32.0 Å². The number of carbonyl (C=O) groups excluding carboxylic acids is 2. The van der Waals surface area contributed by atoms with E-state index in [1.54, 1.807) is 12.1 Å². The quantitative estimate of drug-likeness (QED) is 0.315. The topological polar surface area (TPSA) is 70.8 Å². The van der Waals surface area contributed by atoms with E-state index in [-0.39, 0.29) is 21.9 Å². The van der Waals surface area contributed by atoms with Gasteiger partial charge in [0.25, 0.3) is 11.7 Å². The lowest BCUT2D eigenvalue weighted by atomic mass is 9.99. The minimum absolute atomic E-state index is 0.0764. The molecule has 0 radical (unpaired) electrons. The summed E-state index contributed by atoms with van der Waals surface area (Å²) in [6, 6.07) is 12.5. The molecular formula is C23H17Cl2NO4. The van der Waals surface area contributed by atoms with Crippen molar-refractivity contribution in [1.82, 2.24) is 0 Å². The highest BCUT2D eigenvalue weighted by Crippen LogP contribution is 2.43. The average molecular weight is 442 g/mol. The van der Waals surface area contributed by atoms with Crippen LogP contribution in [-0.4, -0.2) is 16.8 Å². The molecule has 3 aromatic rings. The molecular weight excluding hydrogens is 425 g/mol. The molecule has 1 aromatic heterocycles. The third-order valence-electron chi connectivity index (χ3n) is 4.93. The number of anilines is 1. The number of rotatable bonds is 3. The molecule has 0 aliphatic carbocycles. The summed E-state index contributed by atoms with van der Waals surface area (Å²) in [5, 5.41) is 11.5. The van der Waals surface area contributed by atoms with Crippen LogP contribution in [0.1, 0.15) is 28.5 Å². The van der Waals surface area contributed by atoms with Gasteiger partial charge in [0.05, 0.1) is 21.9 Å². The molecule has 5 nitrogen and oxygen atoms in total. The van der Waals surface area contributed by atoms with Crippen molar-refractivity contribution in [2.75, 3.05) is 4.90 Å². The van der Waals surface area contributed by atoms with Crippen LogP contribution in [0, 0.1) is 13.8 Å². The number of benzene rings is 2. The SMILES string of the molecule is Cc1cc(C)cc(N2C(=O)C(=O)/C(=C(\O)c3ccc(Cl)c(Cl)c3)C2c2ccco2)c1. The van der Waals surface area contributed by atoms with Crippen LogP contribution in [0.3, 0.4) is 0 Å². The molecule has 1 aliphatic rings. The van der Waals surface area contributed by atoms with E-state index in [1.165, 1.54) is 29.4 Å². The number of aliphatic hydroxyl groups is 1. The smallest absolute Gasteiger partial charge is 0.300 e. The van der Waals surface area contributed by atoms with Crippen molar-refractivity contribution >= 4 is 46.3 Å². The van der Waals surface area contributed by atoms with Gasteiger partial charge < -0.3 is 9.52 Å². The molecule has 1 atom stereocenters. The van der Waals surface area contributed by atoms with Crippen molar-refractivity contribution in [2.24, 2.45) is 0 Å². The summed E-state index contributed by atoms with van der Waals surface area (Å²) >= 11 is 12.0. The molecule has 2 heterocycles. The van der Waals surface area contributed by atoms with Crippen LogP contribution in [0.25, 0.3) is 5.76 Å². The van der Waals surface area contributed by atoms with Crippen LogP contribution in [0.15, 0.2) is 64.8 Å². The zero-order valence-electron chi connectivity index (χ0n) is 16.1. The molecule has 4 rings (SSSR count). The Balaban J connectivity index is 1.95. The fraction of sp³-hybridized carbons (Fsp3) is 0.130. The Kier molecular flexibility index (Phi) is 5.18. The predicted molar refractivity (Wildman–Crippen MR) is 116 cm³/mol. The molecule has 0 spiro atoms. The van der Waals surface area contributed by atoms with Gasteiger partial charge in [-0.15, -0.1) is 0 Å². The first-order valence-corrected chi connectivity index (χ1v) is 9.91. The van der Waals surface area contributed by atoms with Gasteiger partial charge in [0.2, 0.25) is 0 Å². The highest BCUT2D eigenvalue weighted by Gasteiger charge is 2.48. The lowest BCUT2D eigenvalue weighted by Crippen LogP contribution is -2.29. The van der Waals surface area contributed by atoms with Crippen molar-refractivity contribution in [3.8, 4) is 0 Å². The minimum atomic E-state index is -0.921. The van der Waals surface area contributed by atoms with Crippen molar-refractivity contribution in [3.63, 3.8) is 0 Å². The molecule has 1 N–H and O–H groups in total. The number of amides is 1. The molecule has 0 bridgehead atoms. The third-order valence-corrected chi connectivity index (χ3v) is 5.67. The number of hydrogen-bond donors (Lipinski definition) is 1. The van der Waals surface area contributed by atoms with Gasteiger partial charge in [-0.05, 0) is 67.4 Å². The molecule has 1 unspecified atom stereocenters. The van der Waals surface area contributed by atoms with Crippen molar-refractivity contribution in [2.45, 2.75) is 19.9 Å². The summed E-state index contributed by atoms with van der Waals surface area (Å²) in [4.78, 5) is 27.4. The van der Waals surface area contributed by atoms with Gasteiger partial charge in [-0.3, -0.25) is 14.5 Å². The number of halogens is 2. The van der Waals surface area contributed by atoms with Crippen molar-refractivity contribution in [3.05, 3.63) is 92.9 Å². The number of aryl methyl sites for hydroxylation is 2.